The number of hydrogen-bond donors (Lipinski definition) is 2. The minimum atomic E-state index is -0.410. The number of methoxy groups -OCH3 is 1. The zero-order valence-electron chi connectivity index (χ0n) is 31.6. The van der Waals surface area contributed by atoms with Crippen molar-refractivity contribution in [3.8, 4) is 16.9 Å². The minimum absolute atomic E-state index is 0.245. The van der Waals surface area contributed by atoms with Gasteiger partial charge in [0.2, 0.25) is 0 Å². The van der Waals surface area contributed by atoms with Crippen molar-refractivity contribution in [3.05, 3.63) is 81.7 Å². The summed E-state index contributed by atoms with van der Waals surface area (Å²) in [6.45, 7) is 16.8. The standard InChI is InChI=1S/C41H49N5O5/c1-11-24-26-19-31-41(7,8)22-29(43-31)37(49-10)36-34(39(48)51-14-4)25(12-2)27(45-36)20-30-40(5,6)21-28(42-30)32(23-15-17-46(9)18-16-23)35(44-26)33(24)38(47)50-13-3/h15-20H,11-14,21-22H2,1-10H3,(H,44,45,47,48)/p+1. The van der Waals surface area contributed by atoms with Crippen molar-refractivity contribution in [3.63, 3.8) is 0 Å². The van der Waals surface area contributed by atoms with Gasteiger partial charge >= 0.3 is 11.9 Å². The highest BCUT2D eigenvalue weighted by molar-refractivity contribution is 6.06. The summed E-state index contributed by atoms with van der Waals surface area (Å²) in [7, 11) is 3.59. The molecule has 0 unspecified atom stereocenters. The van der Waals surface area contributed by atoms with Crippen molar-refractivity contribution < 1.29 is 28.4 Å². The summed E-state index contributed by atoms with van der Waals surface area (Å²) in [4.78, 5) is 45.5. The van der Waals surface area contributed by atoms with Gasteiger partial charge in [-0.25, -0.2) is 14.2 Å². The van der Waals surface area contributed by atoms with Gasteiger partial charge in [-0.15, -0.1) is 0 Å². The number of H-pyrrole nitrogens is 2. The van der Waals surface area contributed by atoms with Crippen LogP contribution in [0.15, 0.2) is 36.7 Å². The number of rotatable bonds is 8. The summed E-state index contributed by atoms with van der Waals surface area (Å²) in [6, 6.07) is 8.22. The summed E-state index contributed by atoms with van der Waals surface area (Å²) >= 11 is 0. The lowest BCUT2D eigenvalue weighted by molar-refractivity contribution is -0.671. The number of pyridine rings is 1. The number of nitrogens with zero attached hydrogens (tertiary/aromatic N) is 3. The van der Waals surface area contributed by atoms with Crippen molar-refractivity contribution in [2.45, 2.75) is 91.9 Å². The molecule has 0 radical (unpaired) electrons. The van der Waals surface area contributed by atoms with E-state index in [-0.39, 0.29) is 24.6 Å². The highest BCUT2D eigenvalue weighted by Gasteiger charge is 2.35. The molecular formula is C41H50N5O5+. The largest absolute Gasteiger partial charge is 0.493 e. The molecule has 2 aliphatic heterocycles. The first-order valence-corrected chi connectivity index (χ1v) is 18.0. The Labute approximate surface area is 299 Å². The number of aromatic amines is 2. The average Bonchev–Trinajstić information content (AvgIpc) is 3.79. The fourth-order valence-electron chi connectivity index (χ4n) is 7.49. The Morgan fingerprint density at radius 1 is 0.765 bits per heavy atom. The Balaban J connectivity index is 1.92. The lowest BCUT2D eigenvalue weighted by atomic mass is 9.85. The predicted molar refractivity (Wildman–Crippen MR) is 198 cm³/mol. The molecule has 10 heteroatoms. The van der Waals surface area contributed by atoms with Gasteiger partial charge in [0.25, 0.3) is 0 Å². The van der Waals surface area contributed by atoms with E-state index < -0.39 is 11.4 Å². The highest BCUT2D eigenvalue weighted by atomic mass is 16.5. The van der Waals surface area contributed by atoms with Crippen LogP contribution in [0.1, 0.15) is 110 Å². The van der Waals surface area contributed by atoms with E-state index in [1.807, 2.05) is 44.8 Å². The number of hydrogen-bond acceptors (Lipinski definition) is 7. The molecule has 0 amide bonds. The van der Waals surface area contributed by atoms with Crippen molar-refractivity contribution in [2.75, 3.05) is 20.3 Å². The third kappa shape index (κ3) is 6.29. The van der Waals surface area contributed by atoms with Crippen LogP contribution in [0.2, 0.25) is 0 Å². The molecular weight excluding hydrogens is 642 g/mol. The third-order valence-electron chi connectivity index (χ3n) is 10.1. The molecule has 4 aromatic rings. The molecule has 0 atom stereocenters. The van der Waals surface area contributed by atoms with Gasteiger partial charge in [-0.05, 0) is 55.5 Å². The van der Waals surface area contributed by atoms with E-state index in [0.29, 0.717) is 53.6 Å². The smallest absolute Gasteiger partial charge is 0.340 e. The number of esters is 2. The van der Waals surface area contributed by atoms with Gasteiger partial charge in [0.15, 0.2) is 18.1 Å². The predicted octanol–water partition coefficient (Wildman–Crippen LogP) is 7.33. The van der Waals surface area contributed by atoms with Gasteiger partial charge in [0.1, 0.15) is 7.05 Å². The van der Waals surface area contributed by atoms with Crippen molar-refractivity contribution in [1.82, 2.24) is 19.9 Å². The van der Waals surface area contributed by atoms with E-state index in [2.05, 4.69) is 68.9 Å². The fourth-order valence-corrected chi connectivity index (χ4v) is 7.49. The molecule has 2 N–H and O–H groups in total. The summed E-state index contributed by atoms with van der Waals surface area (Å²) in [5, 5.41) is 0. The zero-order chi connectivity index (χ0) is 36.8. The Morgan fingerprint density at radius 2 is 1.24 bits per heavy atom. The number of carbonyl (C=O) groups excluding carboxylic acids is 2. The molecule has 268 valence electrons. The van der Waals surface area contributed by atoms with Gasteiger partial charge < -0.3 is 24.2 Å². The van der Waals surface area contributed by atoms with Crippen LogP contribution in [0, 0.1) is 0 Å². The number of nitrogens with one attached hydrogen (secondary N) is 2. The van der Waals surface area contributed by atoms with Crippen LogP contribution in [-0.4, -0.2) is 52.2 Å². The first-order chi connectivity index (χ1) is 24.3. The van der Waals surface area contributed by atoms with Gasteiger partial charge in [-0.1, -0.05) is 41.5 Å². The van der Waals surface area contributed by atoms with E-state index in [4.69, 9.17) is 24.2 Å². The van der Waals surface area contributed by atoms with E-state index in [0.717, 1.165) is 56.1 Å². The normalized spacial score (nSPS) is 14.7. The van der Waals surface area contributed by atoms with E-state index in [1.54, 1.807) is 7.11 Å². The first kappa shape index (κ1) is 35.8. The van der Waals surface area contributed by atoms with Crippen molar-refractivity contribution >= 4 is 34.0 Å². The van der Waals surface area contributed by atoms with E-state index >= 15 is 0 Å². The maximum atomic E-state index is 14.0. The molecule has 8 bridgehead atoms. The molecule has 4 aromatic heterocycles. The van der Waals surface area contributed by atoms with Gasteiger partial charge in [0, 0.05) is 63.8 Å². The van der Waals surface area contributed by atoms with Crippen LogP contribution in [-0.2, 0) is 53.0 Å². The Morgan fingerprint density at radius 3 is 1.73 bits per heavy atom. The Kier molecular flexibility index (Phi) is 9.57. The number of carbonyl (C=O) groups is 2. The molecule has 6 heterocycles. The van der Waals surface area contributed by atoms with Crippen molar-refractivity contribution in [2.24, 2.45) is 7.05 Å². The third-order valence-corrected chi connectivity index (χ3v) is 10.1. The number of aryl methyl sites for hydroxylation is 3. The summed E-state index contributed by atoms with van der Waals surface area (Å²) in [5.41, 5.74) is 9.70. The second-order valence-electron chi connectivity index (χ2n) is 14.6. The minimum Gasteiger partial charge on any atom is -0.493 e. The number of fused-ring (bicyclic) bond motifs is 8. The maximum Gasteiger partial charge on any atom is 0.340 e. The fraction of sp³-hybridized carbons (Fsp3) is 0.439. The van der Waals surface area contributed by atoms with Crippen LogP contribution in [0.3, 0.4) is 0 Å². The monoisotopic (exact) mass is 692 g/mol. The van der Waals surface area contributed by atoms with Gasteiger partial charge in [0.05, 0.1) is 53.9 Å². The van der Waals surface area contributed by atoms with E-state index in [9.17, 15) is 9.59 Å². The van der Waals surface area contributed by atoms with Crippen molar-refractivity contribution in [1.29, 1.82) is 0 Å². The molecule has 0 saturated heterocycles. The van der Waals surface area contributed by atoms with Gasteiger partial charge in [-0.3, -0.25) is 9.97 Å². The molecule has 0 fully saturated rings. The molecule has 6 rings (SSSR count). The zero-order valence-corrected chi connectivity index (χ0v) is 31.6. The second kappa shape index (κ2) is 13.6. The summed E-state index contributed by atoms with van der Waals surface area (Å²) in [6.07, 6.45) is 6.35. The molecule has 0 aromatic carbocycles. The number of aromatic nitrogens is 5. The summed E-state index contributed by atoms with van der Waals surface area (Å²) in [5.74, 6) is -0.288. The molecule has 10 nitrogen and oxygen atoms in total. The second-order valence-corrected chi connectivity index (χ2v) is 14.6. The van der Waals surface area contributed by atoms with Crippen LogP contribution in [0.5, 0.6) is 5.75 Å². The van der Waals surface area contributed by atoms with Crippen LogP contribution >= 0.6 is 0 Å². The molecule has 0 saturated carbocycles. The van der Waals surface area contributed by atoms with Gasteiger partial charge in [-0.2, -0.15) is 0 Å². The topological polar surface area (TPSA) is 123 Å². The SMILES string of the molecule is CCOC(=O)c1c(CC)c2cc3nc(c(-c4cc[n+](C)cc4)c4[nH]c(cc5nc(c(OC)c1[nH]2)CC5(C)C)c(CC)c4C(=O)OCC)CC3(C)C. The summed E-state index contributed by atoms with van der Waals surface area (Å²) < 4.78 is 19.4. The quantitative estimate of drug-likeness (QED) is 0.146. The van der Waals surface area contributed by atoms with E-state index in [1.165, 1.54) is 0 Å². The number of ether oxygens (including phenoxy) is 3. The molecule has 0 aliphatic carbocycles. The Bertz CT molecular complexity index is 2190. The molecule has 0 spiro atoms. The van der Waals surface area contributed by atoms with Crippen LogP contribution < -0.4 is 9.30 Å². The van der Waals surface area contributed by atoms with Crippen LogP contribution in [0.4, 0.5) is 0 Å². The molecule has 2 aliphatic rings. The lowest BCUT2D eigenvalue weighted by Gasteiger charge is -2.16. The highest BCUT2D eigenvalue weighted by Crippen LogP contribution is 2.42. The molecule has 51 heavy (non-hydrogen) atoms. The first-order valence-electron chi connectivity index (χ1n) is 18.0. The maximum absolute atomic E-state index is 14.0. The lowest BCUT2D eigenvalue weighted by Crippen LogP contribution is -2.25. The average molecular weight is 693 g/mol. The van der Waals surface area contributed by atoms with Crippen LogP contribution in [0.25, 0.3) is 33.2 Å². The Hall–Kier alpha value is -4.99.